The minimum Gasteiger partial charge on any atom is -0.378 e. The van der Waals surface area contributed by atoms with Gasteiger partial charge in [0.05, 0.1) is 24.7 Å². The minimum absolute atomic E-state index is 0.0212. The Kier molecular flexibility index (Phi) is 7.26. The fourth-order valence-corrected chi connectivity index (χ4v) is 5.13. The van der Waals surface area contributed by atoms with Crippen LogP contribution in [0.4, 0.5) is 0 Å². The van der Waals surface area contributed by atoms with Crippen molar-refractivity contribution >= 4 is 21.8 Å². The first-order chi connectivity index (χ1) is 13.9. The van der Waals surface area contributed by atoms with Crippen LogP contribution < -0.4 is 0 Å². The Morgan fingerprint density at radius 2 is 1.55 bits per heavy atom. The fourth-order valence-electron chi connectivity index (χ4n) is 3.61. The molecule has 0 bridgehead atoms. The van der Waals surface area contributed by atoms with Crippen LogP contribution >= 0.6 is 0 Å². The van der Waals surface area contributed by atoms with Gasteiger partial charge in [0.25, 0.3) is 5.91 Å². The van der Waals surface area contributed by atoms with Gasteiger partial charge < -0.3 is 14.5 Å². The summed E-state index contributed by atoms with van der Waals surface area (Å²) in [5.41, 5.74) is 0.358. The number of morpholine rings is 1. The van der Waals surface area contributed by atoms with E-state index in [1.165, 1.54) is 33.5 Å². The predicted molar refractivity (Wildman–Crippen MR) is 108 cm³/mol. The average molecular weight is 424 g/mol. The average Bonchev–Trinajstić information content (AvgIpc) is 3.04. The highest BCUT2D eigenvalue weighted by Crippen LogP contribution is 2.21. The maximum atomic E-state index is 12.8. The first-order valence-electron chi connectivity index (χ1n) is 10.1. The number of carbonyl (C=O) groups excluding carboxylic acids is 2. The van der Waals surface area contributed by atoms with Crippen molar-refractivity contribution < 1.29 is 22.7 Å². The third-order valence-corrected chi connectivity index (χ3v) is 7.30. The Labute approximate surface area is 172 Å². The van der Waals surface area contributed by atoms with E-state index in [-0.39, 0.29) is 23.3 Å². The lowest BCUT2D eigenvalue weighted by atomic mass is 10.2. The Balaban J connectivity index is 1.63. The van der Waals surface area contributed by atoms with Crippen LogP contribution in [-0.2, 0) is 19.6 Å². The zero-order valence-electron chi connectivity index (χ0n) is 16.9. The van der Waals surface area contributed by atoms with Gasteiger partial charge in [0, 0.05) is 38.8 Å². The highest BCUT2D eigenvalue weighted by Gasteiger charge is 2.26. The van der Waals surface area contributed by atoms with Gasteiger partial charge in [-0.3, -0.25) is 9.59 Å². The van der Waals surface area contributed by atoms with E-state index in [1.807, 2.05) is 0 Å². The molecule has 29 heavy (non-hydrogen) atoms. The second-order valence-corrected chi connectivity index (χ2v) is 9.43. The van der Waals surface area contributed by atoms with Gasteiger partial charge in [-0.1, -0.05) is 12.8 Å². The standard InChI is InChI=1S/C20H29N3O5S/c1-21(16-19(24)22-12-14-28-15-13-22)20(25)17-6-8-18(9-7-17)29(26,27)23-10-4-2-3-5-11-23/h6-9H,2-5,10-16H2,1H3. The summed E-state index contributed by atoms with van der Waals surface area (Å²) in [7, 11) is -1.97. The van der Waals surface area contributed by atoms with E-state index in [4.69, 9.17) is 4.74 Å². The maximum Gasteiger partial charge on any atom is 0.254 e. The van der Waals surface area contributed by atoms with Crippen LogP contribution in [0.1, 0.15) is 36.0 Å². The number of likely N-dealkylation sites (N-methyl/N-ethyl adjacent to an activating group) is 1. The molecule has 2 heterocycles. The smallest absolute Gasteiger partial charge is 0.254 e. The van der Waals surface area contributed by atoms with Crippen molar-refractivity contribution in [3.63, 3.8) is 0 Å². The summed E-state index contributed by atoms with van der Waals surface area (Å²) in [6.45, 7) is 3.14. The van der Waals surface area contributed by atoms with E-state index >= 15 is 0 Å². The van der Waals surface area contributed by atoms with Crippen molar-refractivity contribution in [2.45, 2.75) is 30.6 Å². The molecular formula is C20H29N3O5S. The molecule has 8 nitrogen and oxygen atoms in total. The van der Waals surface area contributed by atoms with Crippen LogP contribution in [0.2, 0.25) is 0 Å². The molecule has 2 saturated heterocycles. The second kappa shape index (κ2) is 9.69. The van der Waals surface area contributed by atoms with Crippen molar-refractivity contribution in [3.05, 3.63) is 29.8 Å². The van der Waals surface area contributed by atoms with Gasteiger partial charge in [-0.2, -0.15) is 4.31 Å². The number of nitrogens with zero attached hydrogens (tertiary/aromatic N) is 3. The molecule has 2 aliphatic heterocycles. The largest absolute Gasteiger partial charge is 0.378 e. The number of rotatable bonds is 5. The van der Waals surface area contributed by atoms with Gasteiger partial charge in [-0.15, -0.1) is 0 Å². The summed E-state index contributed by atoms with van der Waals surface area (Å²) in [5, 5.41) is 0. The predicted octanol–water partition coefficient (Wildman–Crippen LogP) is 1.18. The van der Waals surface area contributed by atoms with E-state index in [0.717, 1.165) is 25.7 Å². The second-order valence-electron chi connectivity index (χ2n) is 7.50. The normalized spacial score (nSPS) is 18.9. The molecule has 0 atom stereocenters. The van der Waals surface area contributed by atoms with E-state index in [2.05, 4.69) is 0 Å². The number of sulfonamides is 1. The summed E-state index contributed by atoms with van der Waals surface area (Å²) in [5.74, 6) is -0.435. The number of carbonyl (C=O) groups is 2. The van der Waals surface area contributed by atoms with E-state index in [0.29, 0.717) is 45.0 Å². The lowest BCUT2D eigenvalue weighted by Crippen LogP contribution is -2.46. The molecule has 0 aromatic heterocycles. The van der Waals surface area contributed by atoms with Gasteiger partial charge in [0.2, 0.25) is 15.9 Å². The first kappa shape index (κ1) is 21.7. The monoisotopic (exact) mass is 423 g/mol. The highest BCUT2D eigenvalue weighted by molar-refractivity contribution is 7.89. The number of benzene rings is 1. The van der Waals surface area contributed by atoms with Gasteiger partial charge in [0.1, 0.15) is 0 Å². The molecule has 3 rings (SSSR count). The first-order valence-corrected chi connectivity index (χ1v) is 11.5. The van der Waals surface area contributed by atoms with Crippen molar-refractivity contribution in [3.8, 4) is 0 Å². The molecule has 0 aliphatic carbocycles. The molecule has 9 heteroatoms. The number of hydrogen-bond donors (Lipinski definition) is 0. The maximum absolute atomic E-state index is 12.8. The van der Waals surface area contributed by atoms with E-state index < -0.39 is 10.0 Å². The number of amides is 2. The number of hydrogen-bond acceptors (Lipinski definition) is 5. The molecule has 0 spiro atoms. The van der Waals surface area contributed by atoms with Gasteiger partial charge in [-0.25, -0.2) is 8.42 Å². The lowest BCUT2D eigenvalue weighted by molar-refractivity contribution is -0.135. The van der Waals surface area contributed by atoms with Crippen LogP contribution in [0.5, 0.6) is 0 Å². The Hall–Kier alpha value is -1.97. The quantitative estimate of drug-likeness (QED) is 0.710. The van der Waals surface area contributed by atoms with Crippen LogP contribution in [-0.4, -0.2) is 87.3 Å². The van der Waals surface area contributed by atoms with Crippen molar-refractivity contribution in [2.24, 2.45) is 0 Å². The highest BCUT2D eigenvalue weighted by atomic mass is 32.2. The molecule has 0 unspecified atom stereocenters. The van der Waals surface area contributed by atoms with Crippen molar-refractivity contribution in [1.29, 1.82) is 0 Å². The summed E-state index contributed by atoms with van der Waals surface area (Å²) in [6, 6.07) is 5.99. The zero-order valence-corrected chi connectivity index (χ0v) is 17.7. The molecule has 0 saturated carbocycles. The Bertz CT molecular complexity index is 811. The van der Waals surface area contributed by atoms with E-state index in [9.17, 15) is 18.0 Å². The third kappa shape index (κ3) is 5.34. The molecule has 1 aromatic carbocycles. The topological polar surface area (TPSA) is 87.2 Å². The van der Waals surface area contributed by atoms with Gasteiger partial charge >= 0.3 is 0 Å². The molecule has 2 fully saturated rings. The van der Waals surface area contributed by atoms with Gasteiger partial charge in [-0.05, 0) is 37.1 Å². The summed E-state index contributed by atoms with van der Waals surface area (Å²) >= 11 is 0. The Morgan fingerprint density at radius 3 is 2.14 bits per heavy atom. The molecule has 0 N–H and O–H groups in total. The minimum atomic E-state index is -3.55. The summed E-state index contributed by atoms with van der Waals surface area (Å²) in [6.07, 6.45) is 3.85. The van der Waals surface area contributed by atoms with E-state index in [1.54, 1.807) is 11.9 Å². The number of ether oxygens (including phenoxy) is 1. The van der Waals surface area contributed by atoms with Crippen LogP contribution in [0, 0.1) is 0 Å². The molecule has 0 radical (unpaired) electrons. The molecular weight excluding hydrogens is 394 g/mol. The fraction of sp³-hybridized carbons (Fsp3) is 0.600. The Morgan fingerprint density at radius 1 is 0.966 bits per heavy atom. The molecule has 160 valence electrons. The zero-order chi connectivity index (χ0) is 20.9. The van der Waals surface area contributed by atoms with Crippen molar-refractivity contribution in [1.82, 2.24) is 14.1 Å². The van der Waals surface area contributed by atoms with Crippen LogP contribution in [0.25, 0.3) is 0 Å². The third-order valence-electron chi connectivity index (χ3n) is 5.39. The summed E-state index contributed by atoms with van der Waals surface area (Å²) in [4.78, 5) is 28.2. The van der Waals surface area contributed by atoms with Gasteiger partial charge in [0.15, 0.2) is 0 Å². The van der Waals surface area contributed by atoms with Crippen LogP contribution in [0.15, 0.2) is 29.2 Å². The molecule has 2 aliphatic rings. The van der Waals surface area contributed by atoms with Crippen LogP contribution in [0.3, 0.4) is 0 Å². The summed E-state index contributed by atoms with van der Waals surface area (Å²) < 4.78 is 32.5. The molecule has 1 aromatic rings. The lowest BCUT2D eigenvalue weighted by Gasteiger charge is -2.28. The SMILES string of the molecule is CN(CC(=O)N1CCOCC1)C(=O)c1ccc(S(=O)(=O)N2CCCCCC2)cc1. The molecule has 2 amide bonds. The van der Waals surface area contributed by atoms with Crippen molar-refractivity contribution in [2.75, 3.05) is 53.0 Å².